The second-order valence-electron chi connectivity index (χ2n) is 6.31. The molecule has 0 aliphatic carbocycles. The Morgan fingerprint density at radius 3 is 2.61 bits per heavy atom. The molecule has 1 N–H and O–H groups in total. The highest BCUT2D eigenvalue weighted by Crippen LogP contribution is 2.29. The number of nitrogens with zero attached hydrogens (tertiary/aromatic N) is 2. The summed E-state index contributed by atoms with van der Waals surface area (Å²) in [6, 6.07) is 23.7. The Morgan fingerprint density at radius 1 is 1.04 bits per heavy atom. The van der Waals surface area contributed by atoms with E-state index in [1.807, 2.05) is 66.7 Å². The Balaban J connectivity index is 1.87. The van der Waals surface area contributed by atoms with Gasteiger partial charge in [0.25, 0.3) is 0 Å². The summed E-state index contributed by atoms with van der Waals surface area (Å²) in [7, 11) is 1.61. The minimum atomic E-state index is -0.140. The predicted octanol–water partition coefficient (Wildman–Crippen LogP) is 5.11. The summed E-state index contributed by atoms with van der Waals surface area (Å²) in [6.07, 6.45) is 3.30. The van der Waals surface area contributed by atoms with Crippen LogP contribution in [0.4, 0.5) is 0 Å². The first-order valence-electron chi connectivity index (χ1n) is 8.89. The molecule has 0 spiro atoms. The summed E-state index contributed by atoms with van der Waals surface area (Å²) in [5.74, 6) is 0.692. The van der Waals surface area contributed by atoms with Crippen molar-refractivity contribution in [3.05, 3.63) is 89.5 Å². The van der Waals surface area contributed by atoms with E-state index in [1.165, 1.54) is 6.08 Å². The number of hydrogen-bond donors (Lipinski definition) is 1. The van der Waals surface area contributed by atoms with Gasteiger partial charge in [-0.15, -0.1) is 0 Å². The Hall–Kier alpha value is -3.37. The molecule has 1 aromatic heterocycles. The lowest BCUT2D eigenvalue weighted by Gasteiger charge is -2.10. The van der Waals surface area contributed by atoms with Gasteiger partial charge in [0.1, 0.15) is 5.82 Å². The number of para-hydroxylation sites is 2. The molecule has 1 amide bonds. The Morgan fingerprint density at radius 2 is 1.82 bits per heavy atom. The van der Waals surface area contributed by atoms with E-state index >= 15 is 0 Å². The lowest BCUT2D eigenvalue weighted by Crippen LogP contribution is -2.13. The van der Waals surface area contributed by atoms with Crippen LogP contribution in [0.25, 0.3) is 34.2 Å². The minimum Gasteiger partial charge on any atom is -0.356 e. The Bertz CT molecular complexity index is 1180. The summed E-state index contributed by atoms with van der Waals surface area (Å²) in [4.78, 5) is 16.4. The second-order valence-corrected chi connectivity index (χ2v) is 6.75. The molecule has 5 heteroatoms. The van der Waals surface area contributed by atoms with E-state index in [-0.39, 0.29) is 5.91 Å². The lowest BCUT2D eigenvalue weighted by molar-refractivity contribution is -0.115. The predicted molar refractivity (Wildman–Crippen MR) is 115 cm³/mol. The highest BCUT2D eigenvalue weighted by atomic mass is 35.5. The number of nitrogens with one attached hydrogen (secondary N) is 1. The van der Waals surface area contributed by atoms with Gasteiger partial charge >= 0.3 is 0 Å². The number of carbonyl (C=O) groups excluding carboxylic acids is 1. The lowest BCUT2D eigenvalue weighted by atomic mass is 10.1. The van der Waals surface area contributed by atoms with Crippen molar-refractivity contribution < 1.29 is 4.79 Å². The smallest absolute Gasteiger partial charge is 0.243 e. The summed E-state index contributed by atoms with van der Waals surface area (Å²) in [5, 5.41) is 3.27. The number of rotatable bonds is 4. The number of halogens is 1. The normalized spacial score (nSPS) is 11.2. The average molecular weight is 388 g/mol. The number of aromatic nitrogens is 2. The van der Waals surface area contributed by atoms with Gasteiger partial charge in [-0.05, 0) is 54.1 Å². The molecule has 0 radical (unpaired) electrons. The van der Waals surface area contributed by atoms with Gasteiger partial charge in [0.05, 0.1) is 11.0 Å². The van der Waals surface area contributed by atoms with Gasteiger partial charge in [0, 0.05) is 29.4 Å². The molecule has 3 aromatic carbocycles. The van der Waals surface area contributed by atoms with Crippen LogP contribution in [0.3, 0.4) is 0 Å². The maximum atomic E-state index is 11.5. The number of carbonyl (C=O) groups is 1. The first-order chi connectivity index (χ1) is 13.7. The van der Waals surface area contributed by atoms with Crippen molar-refractivity contribution in [2.24, 2.45) is 0 Å². The van der Waals surface area contributed by atoms with Crippen molar-refractivity contribution in [3.63, 3.8) is 0 Å². The molecule has 0 fully saturated rings. The molecule has 0 saturated heterocycles. The SMILES string of the molecule is CNC(=O)/C=C/c1cccc(-c2nc3ccccc3n2-c2ccc(Cl)cc2)c1. The van der Waals surface area contributed by atoms with E-state index in [9.17, 15) is 4.79 Å². The molecule has 0 atom stereocenters. The van der Waals surface area contributed by atoms with Gasteiger partial charge in [-0.2, -0.15) is 0 Å². The zero-order valence-electron chi connectivity index (χ0n) is 15.3. The van der Waals surface area contributed by atoms with Crippen LogP contribution in [0.15, 0.2) is 78.9 Å². The van der Waals surface area contributed by atoms with E-state index in [1.54, 1.807) is 13.1 Å². The standard InChI is InChI=1S/C23H18ClN3O/c1-25-22(28)14-9-16-5-4-6-17(15-16)23-26-20-7-2-3-8-21(20)27(23)19-12-10-18(24)11-13-19/h2-15H,1H3,(H,25,28)/b14-9+. The molecule has 4 aromatic rings. The molecular formula is C23H18ClN3O. The van der Waals surface area contributed by atoms with Crippen LogP contribution < -0.4 is 5.32 Å². The molecule has 0 unspecified atom stereocenters. The van der Waals surface area contributed by atoms with Crippen molar-refractivity contribution in [2.75, 3.05) is 7.05 Å². The highest BCUT2D eigenvalue weighted by Gasteiger charge is 2.14. The number of likely N-dealkylation sites (N-methyl/N-ethyl adjacent to an activating group) is 1. The molecule has 1 heterocycles. The maximum absolute atomic E-state index is 11.5. The molecule has 28 heavy (non-hydrogen) atoms. The highest BCUT2D eigenvalue weighted by molar-refractivity contribution is 6.30. The zero-order chi connectivity index (χ0) is 19.5. The third kappa shape index (κ3) is 3.55. The topological polar surface area (TPSA) is 46.9 Å². The van der Waals surface area contributed by atoms with Gasteiger partial charge in [-0.3, -0.25) is 9.36 Å². The summed E-state index contributed by atoms with van der Waals surface area (Å²) in [6.45, 7) is 0. The summed E-state index contributed by atoms with van der Waals surface area (Å²) >= 11 is 6.08. The van der Waals surface area contributed by atoms with E-state index in [4.69, 9.17) is 16.6 Å². The van der Waals surface area contributed by atoms with E-state index in [0.29, 0.717) is 5.02 Å². The van der Waals surface area contributed by atoms with Crippen LogP contribution in [-0.4, -0.2) is 22.5 Å². The molecule has 138 valence electrons. The van der Waals surface area contributed by atoms with Gasteiger partial charge < -0.3 is 5.32 Å². The van der Waals surface area contributed by atoms with Crippen LogP contribution in [0.2, 0.25) is 5.02 Å². The van der Waals surface area contributed by atoms with Crippen molar-refractivity contribution in [1.29, 1.82) is 0 Å². The summed E-state index contributed by atoms with van der Waals surface area (Å²) in [5.41, 5.74) is 4.81. The van der Waals surface area contributed by atoms with Gasteiger partial charge in [0.2, 0.25) is 5.91 Å². The van der Waals surface area contributed by atoms with Gasteiger partial charge in [0.15, 0.2) is 0 Å². The first-order valence-corrected chi connectivity index (χ1v) is 9.27. The van der Waals surface area contributed by atoms with Crippen molar-refractivity contribution in [3.8, 4) is 17.1 Å². The van der Waals surface area contributed by atoms with Crippen molar-refractivity contribution in [1.82, 2.24) is 14.9 Å². The quantitative estimate of drug-likeness (QED) is 0.495. The monoisotopic (exact) mass is 387 g/mol. The van der Waals surface area contributed by atoms with Crippen molar-refractivity contribution >= 4 is 34.6 Å². The minimum absolute atomic E-state index is 0.140. The second kappa shape index (κ2) is 7.71. The fraction of sp³-hybridized carbons (Fsp3) is 0.0435. The number of amides is 1. The zero-order valence-corrected chi connectivity index (χ0v) is 16.0. The van der Waals surface area contributed by atoms with Crippen LogP contribution >= 0.6 is 11.6 Å². The number of benzene rings is 3. The molecule has 0 saturated carbocycles. The molecule has 0 bridgehead atoms. The Kier molecular flexibility index (Phi) is 4.96. The molecule has 0 aliphatic rings. The van der Waals surface area contributed by atoms with E-state index in [0.717, 1.165) is 33.7 Å². The molecule has 4 nitrogen and oxygen atoms in total. The number of fused-ring (bicyclic) bond motifs is 1. The number of imidazole rings is 1. The fourth-order valence-electron chi connectivity index (χ4n) is 3.11. The Labute approximate surface area is 168 Å². The van der Waals surface area contributed by atoms with Gasteiger partial charge in [-0.1, -0.05) is 41.9 Å². The molecular weight excluding hydrogens is 370 g/mol. The van der Waals surface area contributed by atoms with Crippen molar-refractivity contribution in [2.45, 2.75) is 0 Å². The summed E-state index contributed by atoms with van der Waals surface area (Å²) < 4.78 is 2.12. The van der Waals surface area contributed by atoms with Gasteiger partial charge in [-0.25, -0.2) is 4.98 Å². The third-order valence-electron chi connectivity index (χ3n) is 4.46. The average Bonchev–Trinajstić information content (AvgIpc) is 3.12. The third-order valence-corrected chi connectivity index (χ3v) is 4.72. The van der Waals surface area contributed by atoms with Crippen LogP contribution in [-0.2, 0) is 4.79 Å². The molecule has 0 aliphatic heterocycles. The van der Waals surface area contributed by atoms with Crippen LogP contribution in [0.5, 0.6) is 0 Å². The first kappa shape index (κ1) is 18.0. The number of hydrogen-bond acceptors (Lipinski definition) is 2. The molecule has 4 rings (SSSR count). The van der Waals surface area contributed by atoms with Crippen LogP contribution in [0.1, 0.15) is 5.56 Å². The van der Waals surface area contributed by atoms with E-state index in [2.05, 4.69) is 16.0 Å². The van der Waals surface area contributed by atoms with Crippen LogP contribution in [0, 0.1) is 0 Å². The largest absolute Gasteiger partial charge is 0.356 e. The maximum Gasteiger partial charge on any atom is 0.243 e. The fourth-order valence-corrected chi connectivity index (χ4v) is 3.23. The van der Waals surface area contributed by atoms with E-state index < -0.39 is 0 Å².